The highest BCUT2D eigenvalue weighted by molar-refractivity contribution is 5.96. The first kappa shape index (κ1) is 21.8. The highest BCUT2D eigenvalue weighted by Crippen LogP contribution is 2.18. The van der Waals surface area contributed by atoms with Crippen LogP contribution in [-0.4, -0.2) is 39.3 Å². The summed E-state index contributed by atoms with van der Waals surface area (Å²) in [5.74, 6) is 0.886. The molecule has 3 rings (SSSR count). The minimum atomic E-state index is -0.819. The molecule has 31 heavy (non-hydrogen) atoms. The molecule has 0 bridgehead atoms. The minimum absolute atomic E-state index is 0.355. The number of pyridine rings is 1. The number of carbonyl (C=O) groups is 2. The Balaban J connectivity index is 1.58. The van der Waals surface area contributed by atoms with Crippen molar-refractivity contribution in [2.24, 2.45) is 0 Å². The average molecular weight is 423 g/mol. The second-order valence-electron chi connectivity index (χ2n) is 6.57. The first-order chi connectivity index (χ1) is 15.0. The molecule has 0 aliphatic carbocycles. The third kappa shape index (κ3) is 5.39. The Morgan fingerprint density at radius 3 is 2.45 bits per heavy atom. The van der Waals surface area contributed by atoms with Crippen LogP contribution in [-0.2, 0) is 11.2 Å². The molecule has 2 N–H and O–H groups in total. The van der Waals surface area contributed by atoms with E-state index >= 15 is 0 Å². The lowest BCUT2D eigenvalue weighted by Crippen LogP contribution is -2.47. The van der Waals surface area contributed by atoms with Crippen LogP contribution in [0.25, 0.3) is 5.82 Å². The second-order valence-corrected chi connectivity index (χ2v) is 6.57. The van der Waals surface area contributed by atoms with Gasteiger partial charge in [-0.05, 0) is 56.7 Å². The van der Waals surface area contributed by atoms with Crippen molar-refractivity contribution in [3.8, 4) is 17.3 Å². The zero-order chi connectivity index (χ0) is 22.2. The van der Waals surface area contributed by atoms with Gasteiger partial charge in [0.15, 0.2) is 11.9 Å². The first-order valence-corrected chi connectivity index (χ1v) is 10.0. The number of hydrogen-bond acceptors (Lipinski definition) is 6. The molecule has 1 atom stereocenters. The van der Waals surface area contributed by atoms with Crippen LogP contribution < -0.4 is 20.3 Å². The third-order valence-corrected chi connectivity index (χ3v) is 4.43. The first-order valence-electron chi connectivity index (χ1n) is 10.0. The van der Waals surface area contributed by atoms with Gasteiger partial charge in [0, 0.05) is 6.20 Å². The predicted molar refractivity (Wildman–Crippen MR) is 114 cm³/mol. The smallest absolute Gasteiger partial charge is 0.279 e. The summed E-state index contributed by atoms with van der Waals surface area (Å²) in [6, 6.07) is 12.4. The van der Waals surface area contributed by atoms with Crippen LogP contribution in [0.1, 0.15) is 36.8 Å². The lowest BCUT2D eigenvalue weighted by Gasteiger charge is -2.15. The van der Waals surface area contributed by atoms with E-state index in [2.05, 4.69) is 20.9 Å². The lowest BCUT2D eigenvalue weighted by molar-refractivity contribution is -0.128. The van der Waals surface area contributed by atoms with Crippen molar-refractivity contribution < 1.29 is 19.1 Å². The van der Waals surface area contributed by atoms with Crippen molar-refractivity contribution in [2.75, 3.05) is 6.61 Å². The second kappa shape index (κ2) is 10.2. The summed E-state index contributed by atoms with van der Waals surface area (Å²) in [4.78, 5) is 29.2. The maximum Gasteiger partial charge on any atom is 0.279 e. The van der Waals surface area contributed by atoms with Gasteiger partial charge in [-0.2, -0.15) is 5.10 Å². The van der Waals surface area contributed by atoms with Crippen LogP contribution in [0.5, 0.6) is 11.5 Å². The van der Waals surface area contributed by atoms with E-state index in [1.807, 2.05) is 19.9 Å². The lowest BCUT2D eigenvalue weighted by atomic mass is 10.2. The Hall–Kier alpha value is -3.88. The molecule has 0 fully saturated rings. The molecule has 0 saturated carbocycles. The minimum Gasteiger partial charge on any atom is -0.494 e. The van der Waals surface area contributed by atoms with E-state index in [1.54, 1.807) is 54.2 Å². The average Bonchev–Trinajstić information content (AvgIpc) is 3.23. The fraction of sp³-hybridized carbons (Fsp3) is 0.273. The van der Waals surface area contributed by atoms with Crippen molar-refractivity contribution in [2.45, 2.75) is 33.3 Å². The van der Waals surface area contributed by atoms with Gasteiger partial charge < -0.3 is 9.47 Å². The molecule has 0 aliphatic heterocycles. The summed E-state index contributed by atoms with van der Waals surface area (Å²) < 4.78 is 12.6. The van der Waals surface area contributed by atoms with Gasteiger partial charge in [0.1, 0.15) is 11.5 Å². The zero-order valence-corrected chi connectivity index (χ0v) is 17.7. The Kier molecular flexibility index (Phi) is 7.21. The van der Waals surface area contributed by atoms with Crippen molar-refractivity contribution in [3.05, 3.63) is 66.1 Å². The van der Waals surface area contributed by atoms with Crippen LogP contribution >= 0.6 is 0 Å². The van der Waals surface area contributed by atoms with Crippen molar-refractivity contribution >= 4 is 11.8 Å². The highest BCUT2D eigenvalue weighted by atomic mass is 16.5. The van der Waals surface area contributed by atoms with Crippen molar-refractivity contribution in [3.63, 3.8) is 0 Å². The molecular weight excluding hydrogens is 398 g/mol. The van der Waals surface area contributed by atoms with Gasteiger partial charge in [0.25, 0.3) is 11.8 Å². The molecule has 0 radical (unpaired) electrons. The monoisotopic (exact) mass is 423 g/mol. The summed E-state index contributed by atoms with van der Waals surface area (Å²) >= 11 is 0. The van der Waals surface area contributed by atoms with Crippen molar-refractivity contribution in [1.82, 2.24) is 25.6 Å². The molecular formula is C22H25N5O4. The van der Waals surface area contributed by atoms with E-state index in [0.29, 0.717) is 35.9 Å². The van der Waals surface area contributed by atoms with Crippen molar-refractivity contribution in [1.29, 1.82) is 0 Å². The van der Waals surface area contributed by atoms with Gasteiger partial charge in [-0.25, -0.2) is 9.67 Å². The normalized spacial score (nSPS) is 11.5. The van der Waals surface area contributed by atoms with E-state index in [9.17, 15) is 9.59 Å². The van der Waals surface area contributed by atoms with Crippen LogP contribution in [0.2, 0.25) is 0 Å². The summed E-state index contributed by atoms with van der Waals surface area (Å²) in [6.45, 7) is 5.98. The van der Waals surface area contributed by atoms with Gasteiger partial charge in [0.2, 0.25) is 0 Å². The number of nitrogens with zero attached hydrogens (tertiary/aromatic N) is 3. The van der Waals surface area contributed by atoms with Gasteiger partial charge in [-0.1, -0.05) is 13.0 Å². The largest absolute Gasteiger partial charge is 0.494 e. The van der Waals surface area contributed by atoms with Crippen LogP contribution in [0, 0.1) is 0 Å². The number of benzene rings is 1. The number of ether oxygens (including phenoxy) is 2. The van der Waals surface area contributed by atoms with Gasteiger partial charge in [0.05, 0.1) is 24.1 Å². The molecule has 0 spiro atoms. The molecule has 2 amide bonds. The van der Waals surface area contributed by atoms with E-state index in [4.69, 9.17) is 9.47 Å². The number of hydrogen-bond donors (Lipinski definition) is 2. The quantitative estimate of drug-likeness (QED) is 0.539. The summed E-state index contributed by atoms with van der Waals surface area (Å²) in [5.41, 5.74) is 5.85. The Morgan fingerprint density at radius 1 is 1.06 bits per heavy atom. The van der Waals surface area contributed by atoms with E-state index in [0.717, 1.165) is 5.75 Å². The SMILES string of the molecule is CCOc1ccc(OC(C)C(=O)NNC(=O)c2cnn(-c3ccccn3)c2CC)cc1. The molecule has 2 heterocycles. The fourth-order valence-electron chi connectivity index (χ4n) is 2.91. The predicted octanol–water partition coefficient (Wildman–Crippen LogP) is 2.46. The number of carbonyl (C=O) groups excluding carboxylic acids is 2. The highest BCUT2D eigenvalue weighted by Gasteiger charge is 2.20. The molecule has 162 valence electrons. The van der Waals surface area contributed by atoms with Gasteiger partial charge >= 0.3 is 0 Å². The van der Waals surface area contributed by atoms with E-state index in [1.165, 1.54) is 6.20 Å². The molecule has 3 aromatic rings. The molecule has 9 nitrogen and oxygen atoms in total. The molecule has 0 saturated heterocycles. The van der Waals surface area contributed by atoms with Crippen LogP contribution in [0.15, 0.2) is 54.9 Å². The van der Waals surface area contributed by atoms with E-state index in [-0.39, 0.29) is 0 Å². The molecule has 1 unspecified atom stereocenters. The maximum absolute atomic E-state index is 12.6. The number of rotatable bonds is 8. The molecule has 1 aromatic carbocycles. The molecule has 9 heteroatoms. The van der Waals surface area contributed by atoms with Crippen LogP contribution in [0.4, 0.5) is 0 Å². The third-order valence-electron chi connectivity index (χ3n) is 4.43. The molecule has 2 aromatic heterocycles. The number of nitrogens with one attached hydrogen (secondary N) is 2. The summed E-state index contributed by atoms with van der Waals surface area (Å²) in [5, 5.41) is 4.26. The summed E-state index contributed by atoms with van der Waals surface area (Å²) in [7, 11) is 0. The maximum atomic E-state index is 12.6. The zero-order valence-electron chi connectivity index (χ0n) is 17.7. The summed E-state index contributed by atoms with van der Waals surface area (Å²) in [6.07, 6.45) is 2.85. The Bertz CT molecular complexity index is 1020. The topological polar surface area (TPSA) is 107 Å². The van der Waals surface area contributed by atoms with Gasteiger partial charge in [-0.3, -0.25) is 20.4 Å². The van der Waals surface area contributed by atoms with E-state index < -0.39 is 17.9 Å². The number of amides is 2. The number of aromatic nitrogens is 3. The Morgan fingerprint density at radius 2 is 1.81 bits per heavy atom. The van der Waals surface area contributed by atoms with Gasteiger partial charge in [-0.15, -0.1) is 0 Å². The fourth-order valence-corrected chi connectivity index (χ4v) is 2.91. The number of hydrazine groups is 1. The molecule has 0 aliphatic rings. The Labute approximate surface area is 180 Å². The standard InChI is InChI=1S/C22H25N5O4/c1-4-19-18(14-24-27(19)20-8-6-7-13-23-20)22(29)26-25-21(28)15(3)31-17-11-9-16(10-12-17)30-5-2/h6-15H,4-5H2,1-3H3,(H,25,28)(H,26,29). The van der Waals surface area contributed by atoms with Crippen LogP contribution in [0.3, 0.4) is 0 Å².